The van der Waals surface area contributed by atoms with Crippen molar-refractivity contribution in [1.82, 2.24) is 19.5 Å². The molecule has 11 rings (SSSR count). The maximum atomic E-state index is 6.95. The summed E-state index contributed by atoms with van der Waals surface area (Å²) in [6, 6.07) is 63.3. The lowest BCUT2D eigenvalue weighted by Gasteiger charge is -2.11. The van der Waals surface area contributed by atoms with Gasteiger partial charge in [0.05, 0.1) is 16.7 Å². The van der Waals surface area contributed by atoms with Crippen LogP contribution in [-0.2, 0) is 0 Å². The molecule has 0 aliphatic rings. The first-order valence-corrected chi connectivity index (χ1v) is 18.1. The summed E-state index contributed by atoms with van der Waals surface area (Å²) in [4.78, 5) is 15.2. The lowest BCUT2D eigenvalue weighted by atomic mass is 10.0. The third-order valence-electron chi connectivity index (χ3n) is 10.4. The Hall–Kier alpha value is -7.37. The van der Waals surface area contributed by atoms with Crippen LogP contribution in [-0.4, -0.2) is 19.5 Å². The Balaban J connectivity index is 1.16. The van der Waals surface area contributed by atoms with Crippen molar-refractivity contribution in [2.75, 3.05) is 0 Å². The van der Waals surface area contributed by atoms with Crippen LogP contribution in [0.2, 0.25) is 0 Å². The third-order valence-corrected chi connectivity index (χ3v) is 10.4. The minimum Gasteiger partial charge on any atom is -0.454 e. The van der Waals surface area contributed by atoms with Crippen LogP contribution in [0.3, 0.4) is 0 Å². The maximum absolute atomic E-state index is 6.95. The van der Waals surface area contributed by atoms with Crippen molar-refractivity contribution >= 4 is 54.5 Å². The molecular formula is C49H30N4O. The van der Waals surface area contributed by atoms with E-state index in [1.54, 1.807) is 0 Å². The van der Waals surface area contributed by atoms with Gasteiger partial charge in [-0.25, -0.2) is 15.0 Å². The average molecular weight is 691 g/mol. The fourth-order valence-electron chi connectivity index (χ4n) is 7.91. The predicted octanol–water partition coefficient (Wildman–Crippen LogP) is 12.7. The molecule has 0 saturated heterocycles. The summed E-state index contributed by atoms with van der Waals surface area (Å²) in [5, 5.41) is 6.71. The van der Waals surface area contributed by atoms with E-state index in [4.69, 9.17) is 19.4 Å². The fourth-order valence-corrected chi connectivity index (χ4v) is 7.91. The molecule has 0 radical (unpaired) electrons. The van der Waals surface area contributed by atoms with Crippen LogP contribution in [0.4, 0.5) is 0 Å². The van der Waals surface area contributed by atoms with Crippen LogP contribution in [0, 0.1) is 0 Å². The molecule has 8 aromatic carbocycles. The van der Waals surface area contributed by atoms with Crippen molar-refractivity contribution in [3.63, 3.8) is 0 Å². The molecule has 0 bridgehead atoms. The molecule has 0 spiro atoms. The summed E-state index contributed by atoms with van der Waals surface area (Å²) in [6.45, 7) is 0. The molecule has 5 heteroatoms. The average Bonchev–Trinajstić information content (AvgIpc) is 3.79. The van der Waals surface area contributed by atoms with E-state index < -0.39 is 0 Å². The first-order chi connectivity index (χ1) is 26.8. The molecule has 54 heavy (non-hydrogen) atoms. The normalized spacial score (nSPS) is 11.7. The van der Waals surface area contributed by atoms with Gasteiger partial charge < -0.3 is 8.98 Å². The van der Waals surface area contributed by atoms with Crippen molar-refractivity contribution in [2.24, 2.45) is 0 Å². The van der Waals surface area contributed by atoms with Crippen LogP contribution >= 0.6 is 0 Å². The third kappa shape index (κ3) is 4.83. The molecule has 0 unspecified atom stereocenters. The Bertz CT molecular complexity index is 3160. The van der Waals surface area contributed by atoms with Gasteiger partial charge in [0.2, 0.25) is 0 Å². The van der Waals surface area contributed by atoms with Gasteiger partial charge in [-0.1, -0.05) is 146 Å². The van der Waals surface area contributed by atoms with E-state index in [1.807, 2.05) is 30.3 Å². The number of para-hydroxylation sites is 2. The van der Waals surface area contributed by atoms with Crippen LogP contribution in [0.5, 0.6) is 0 Å². The first-order valence-electron chi connectivity index (χ1n) is 18.1. The highest BCUT2D eigenvalue weighted by Crippen LogP contribution is 2.41. The highest BCUT2D eigenvalue weighted by atomic mass is 16.3. The Morgan fingerprint density at radius 2 is 0.963 bits per heavy atom. The molecule has 0 atom stereocenters. The van der Waals surface area contributed by atoms with Crippen LogP contribution in [0.25, 0.3) is 105 Å². The number of hydrogen-bond donors (Lipinski definition) is 0. The van der Waals surface area contributed by atoms with Gasteiger partial charge in [-0.15, -0.1) is 0 Å². The van der Waals surface area contributed by atoms with E-state index in [0.29, 0.717) is 17.5 Å². The second-order valence-electron chi connectivity index (χ2n) is 13.6. The van der Waals surface area contributed by atoms with Gasteiger partial charge in [0.15, 0.2) is 23.1 Å². The molecule has 252 valence electrons. The molecule has 0 aliphatic heterocycles. The minimum atomic E-state index is 0.585. The van der Waals surface area contributed by atoms with Gasteiger partial charge in [0, 0.05) is 38.2 Å². The molecule has 3 aromatic heterocycles. The Kier molecular flexibility index (Phi) is 6.79. The second kappa shape index (κ2) is 12.1. The Labute approximate surface area is 310 Å². The van der Waals surface area contributed by atoms with Crippen LogP contribution in [0.15, 0.2) is 186 Å². The van der Waals surface area contributed by atoms with E-state index in [-0.39, 0.29) is 0 Å². The number of furan rings is 1. The summed E-state index contributed by atoms with van der Waals surface area (Å²) in [5.74, 6) is 1.83. The minimum absolute atomic E-state index is 0.585. The second-order valence-corrected chi connectivity index (χ2v) is 13.6. The van der Waals surface area contributed by atoms with E-state index >= 15 is 0 Å². The van der Waals surface area contributed by atoms with Crippen molar-refractivity contribution in [3.05, 3.63) is 182 Å². The highest BCUT2D eigenvalue weighted by molar-refractivity contribution is 6.14. The Morgan fingerprint density at radius 1 is 0.370 bits per heavy atom. The van der Waals surface area contributed by atoms with Gasteiger partial charge in [0.25, 0.3) is 0 Å². The van der Waals surface area contributed by atoms with E-state index in [1.165, 1.54) is 10.8 Å². The molecular weight excluding hydrogens is 661 g/mol. The van der Waals surface area contributed by atoms with Gasteiger partial charge in [-0.2, -0.15) is 0 Å². The van der Waals surface area contributed by atoms with Gasteiger partial charge >= 0.3 is 0 Å². The van der Waals surface area contributed by atoms with Crippen molar-refractivity contribution < 1.29 is 4.42 Å². The Morgan fingerprint density at radius 3 is 1.70 bits per heavy atom. The monoisotopic (exact) mass is 690 g/mol. The molecule has 11 aromatic rings. The topological polar surface area (TPSA) is 56.7 Å². The largest absolute Gasteiger partial charge is 0.454 e. The van der Waals surface area contributed by atoms with E-state index in [0.717, 1.165) is 77.2 Å². The maximum Gasteiger partial charge on any atom is 0.164 e. The summed E-state index contributed by atoms with van der Waals surface area (Å²) in [5.41, 5.74) is 9.85. The zero-order chi connectivity index (χ0) is 35.6. The zero-order valence-electron chi connectivity index (χ0n) is 29.0. The SMILES string of the molecule is c1ccc(-c2cc(-n3c4ccccc4c4ccccc43)c3oc4cc(-c5nc(-c6ccccc6)nc(-c6cccc7ccccc67)n5)ccc4c3c2)cc1. The summed E-state index contributed by atoms with van der Waals surface area (Å²) in [6.07, 6.45) is 0. The lowest BCUT2D eigenvalue weighted by molar-refractivity contribution is 0.666. The molecule has 0 saturated carbocycles. The van der Waals surface area contributed by atoms with E-state index in [9.17, 15) is 0 Å². The molecule has 0 aliphatic carbocycles. The van der Waals surface area contributed by atoms with Gasteiger partial charge in [-0.05, 0) is 58.3 Å². The fraction of sp³-hybridized carbons (Fsp3) is 0. The highest BCUT2D eigenvalue weighted by Gasteiger charge is 2.21. The predicted molar refractivity (Wildman–Crippen MR) is 221 cm³/mol. The molecule has 0 fully saturated rings. The standard InChI is InChI=1S/C49H30N4O/c1-3-14-31(15-4-1)35-28-41-39-27-26-34(30-45(39)54-46(41)44(29-35)53-42-24-11-9-21-37(42)38-22-10-12-25-43(38)53)48-50-47(33-17-5-2-6-18-33)51-49(52-48)40-23-13-19-32-16-7-8-20-36(32)40/h1-30H. The van der Waals surface area contributed by atoms with Gasteiger partial charge in [-0.3, -0.25) is 0 Å². The van der Waals surface area contributed by atoms with E-state index in [2.05, 4.69) is 156 Å². The number of benzene rings is 8. The van der Waals surface area contributed by atoms with Crippen LogP contribution < -0.4 is 0 Å². The number of nitrogens with zero attached hydrogens (tertiary/aromatic N) is 4. The summed E-state index contributed by atoms with van der Waals surface area (Å²) < 4.78 is 9.30. The van der Waals surface area contributed by atoms with Gasteiger partial charge in [0.1, 0.15) is 5.58 Å². The zero-order valence-corrected chi connectivity index (χ0v) is 29.0. The summed E-state index contributed by atoms with van der Waals surface area (Å²) >= 11 is 0. The van der Waals surface area contributed by atoms with Crippen molar-refractivity contribution in [3.8, 4) is 51.0 Å². The summed E-state index contributed by atoms with van der Waals surface area (Å²) in [7, 11) is 0. The van der Waals surface area contributed by atoms with Crippen molar-refractivity contribution in [2.45, 2.75) is 0 Å². The van der Waals surface area contributed by atoms with Crippen LogP contribution in [0.1, 0.15) is 0 Å². The molecule has 3 heterocycles. The number of rotatable bonds is 5. The molecule has 0 N–H and O–H groups in total. The lowest BCUT2D eigenvalue weighted by Crippen LogP contribution is -2.00. The first kappa shape index (κ1) is 30.3. The van der Waals surface area contributed by atoms with Crippen molar-refractivity contribution in [1.29, 1.82) is 0 Å². The number of hydrogen-bond acceptors (Lipinski definition) is 4. The molecule has 5 nitrogen and oxygen atoms in total. The number of fused-ring (bicyclic) bond motifs is 7. The molecule has 0 amide bonds. The smallest absolute Gasteiger partial charge is 0.164 e. The number of aromatic nitrogens is 4. The quantitative estimate of drug-likeness (QED) is 0.180.